The molecule has 0 saturated heterocycles. The van der Waals surface area contributed by atoms with E-state index in [1.54, 1.807) is 24.1 Å². The van der Waals surface area contributed by atoms with E-state index in [-0.39, 0.29) is 11.5 Å². The highest BCUT2D eigenvalue weighted by atomic mass is 32.1. The molecule has 2 N–H and O–H groups in total. The lowest BCUT2D eigenvalue weighted by molar-refractivity contribution is 0.0600. The molecule has 0 spiro atoms. The van der Waals surface area contributed by atoms with Crippen LogP contribution in [0.2, 0.25) is 0 Å². The first-order valence-electron chi connectivity index (χ1n) is 13.4. The Kier molecular flexibility index (Phi) is 7.36. The first kappa shape index (κ1) is 27.4. The second-order valence-corrected chi connectivity index (χ2v) is 10.9. The molecule has 8 nitrogen and oxygen atoms in total. The van der Waals surface area contributed by atoms with Gasteiger partial charge < -0.3 is 24.8 Å². The fourth-order valence-electron chi connectivity index (χ4n) is 5.53. The molecule has 0 bridgehead atoms. The number of nitrogens with zero attached hydrogens (tertiary/aromatic N) is 2. The number of carbonyl (C=O) groups excluding carboxylic acids is 2. The van der Waals surface area contributed by atoms with E-state index in [0.29, 0.717) is 29.1 Å². The molecule has 0 fully saturated rings. The third kappa shape index (κ3) is 4.87. The molecule has 1 aromatic heterocycles. The number of methoxy groups -OCH3 is 2. The van der Waals surface area contributed by atoms with Crippen molar-refractivity contribution in [2.75, 3.05) is 19.5 Å². The summed E-state index contributed by atoms with van der Waals surface area (Å²) in [5.41, 5.74) is 5.06. The Balaban J connectivity index is 1.50. The van der Waals surface area contributed by atoms with Gasteiger partial charge in [-0.1, -0.05) is 54.6 Å². The van der Waals surface area contributed by atoms with Crippen molar-refractivity contribution in [2.24, 2.45) is 0 Å². The highest BCUT2D eigenvalue weighted by molar-refractivity contribution is 7.13. The molecule has 2 atom stereocenters. The summed E-state index contributed by atoms with van der Waals surface area (Å²) in [6.07, 6.45) is -1.19. The second-order valence-electron chi connectivity index (χ2n) is 10.1. The SMILES string of the molecule is COC(=O)c1cc(NC(O)c2nsc3ccccc23)c2c(c1)C(=O)N(Cc1ccc(OC)cc1)C2c1ccccc1C. The van der Waals surface area contributed by atoms with Crippen LogP contribution in [0, 0.1) is 6.92 Å². The van der Waals surface area contributed by atoms with Gasteiger partial charge in [-0.25, -0.2) is 4.79 Å². The van der Waals surface area contributed by atoms with Crippen LogP contribution in [-0.2, 0) is 11.3 Å². The average molecular weight is 580 g/mol. The standard InChI is InChI=1S/C33H29N3O5S/c1-19-8-4-5-9-23(19)30-28-25(32(38)36(30)18-20-12-14-22(40-2)15-13-20)16-21(33(39)41-3)17-26(28)34-31(37)29-24-10-6-7-11-27(24)42-35-29/h4-17,30-31,34,37H,18H2,1-3H3. The fraction of sp³-hybridized carbons (Fsp3) is 0.182. The molecule has 2 heterocycles. The third-order valence-electron chi connectivity index (χ3n) is 7.63. The first-order valence-corrected chi connectivity index (χ1v) is 14.2. The molecule has 0 aliphatic carbocycles. The Morgan fingerprint density at radius 3 is 2.52 bits per heavy atom. The summed E-state index contributed by atoms with van der Waals surface area (Å²) in [5.74, 6) is -0.0808. The van der Waals surface area contributed by atoms with Crippen molar-refractivity contribution < 1.29 is 24.2 Å². The van der Waals surface area contributed by atoms with Gasteiger partial charge in [-0.2, -0.15) is 4.37 Å². The summed E-state index contributed by atoms with van der Waals surface area (Å²) in [5, 5.41) is 15.4. The van der Waals surface area contributed by atoms with Gasteiger partial charge in [0.15, 0.2) is 6.23 Å². The number of aliphatic hydroxyl groups is 1. The molecule has 212 valence electrons. The number of benzene rings is 4. The van der Waals surface area contributed by atoms with Crippen molar-refractivity contribution in [3.63, 3.8) is 0 Å². The van der Waals surface area contributed by atoms with Crippen LogP contribution in [0.1, 0.15) is 60.9 Å². The molecule has 1 amide bonds. The predicted octanol–water partition coefficient (Wildman–Crippen LogP) is 6.25. The number of amides is 1. The molecule has 9 heteroatoms. The summed E-state index contributed by atoms with van der Waals surface area (Å²) in [6, 6.07) is 25.9. The van der Waals surface area contributed by atoms with Gasteiger partial charge in [0.1, 0.15) is 11.4 Å². The highest BCUT2D eigenvalue weighted by Crippen LogP contribution is 2.46. The second kappa shape index (κ2) is 11.3. The smallest absolute Gasteiger partial charge is 0.337 e. The molecule has 0 saturated carbocycles. The van der Waals surface area contributed by atoms with E-state index >= 15 is 0 Å². The van der Waals surface area contributed by atoms with Crippen LogP contribution in [-0.4, -0.2) is 40.5 Å². The van der Waals surface area contributed by atoms with Gasteiger partial charge in [-0.05, 0) is 65.5 Å². The minimum atomic E-state index is -1.19. The Labute approximate surface area is 247 Å². The maximum absolute atomic E-state index is 14.2. The summed E-state index contributed by atoms with van der Waals surface area (Å²) < 4.78 is 15.8. The Hall–Kier alpha value is -4.73. The van der Waals surface area contributed by atoms with E-state index in [9.17, 15) is 14.7 Å². The summed E-state index contributed by atoms with van der Waals surface area (Å²) in [6.45, 7) is 2.33. The van der Waals surface area contributed by atoms with Crippen LogP contribution in [0.5, 0.6) is 5.75 Å². The van der Waals surface area contributed by atoms with Crippen LogP contribution >= 0.6 is 11.5 Å². The molecule has 6 rings (SSSR count). The molecule has 42 heavy (non-hydrogen) atoms. The van der Waals surface area contributed by atoms with Crippen LogP contribution in [0.4, 0.5) is 5.69 Å². The van der Waals surface area contributed by atoms with Crippen molar-refractivity contribution >= 4 is 39.2 Å². The number of aliphatic hydroxyl groups excluding tert-OH is 1. The molecule has 0 radical (unpaired) electrons. The number of carbonyl (C=O) groups is 2. The maximum Gasteiger partial charge on any atom is 0.337 e. The Bertz CT molecular complexity index is 1800. The number of aryl methyl sites for hydroxylation is 1. The van der Waals surface area contributed by atoms with Gasteiger partial charge in [0.2, 0.25) is 0 Å². The fourth-order valence-corrected chi connectivity index (χ4v) is 6.34. The summed E-state index contributed by atoms with van der Waals surface area (Å²) in [7, 11) is 2.91. The van der Waals surface area contributed by atoms with Crippen molar-refractivity contribution in [1.82, 2.24) is 9.27 Å². The Morgan fingerprint density at radius 2 is 1.79 bits per heavy atom. The van der Waals surface area contributed by atoms with Crippen LogP contribution in [0.15, 0.2) is 84.9 Å². The minimum absolute atomic E-state index is 0.206. The van der Waals surface area contributed by atoms with Gasteiger partial charge in [0, 0.05) is 28.7 Å². The normalized spacial score (nSPS) is 15.0. The van der Waals surface area contributed by atoms with E-state index < -0.39 is 18.2 Å². The molecule has 2 unspecified atom stereocenters. The number of nitrogens with one attached hydrogen (secondary N) is 1. The molecule has 1 aliphatic rings. The number of hydrogen-bond donors (Lipinski definition) is 2. The highest BCUT2D eigenvalue weighted by Gasteiger charge is 2.41. The third-order valence-corrected chi connectivity index (χ3v) is 8.47. The van der Waals surface area contributed by atoms with Gasteiger partial charge in [0.25, 0.3) is 5.91 Å². The lowest BCUT2D eigenvalue weighted by Gasteiger charge is -2.28. The van der Waals surface area contributed by atoms with E-state index in [1.807, 2.05) is 79.7 Å². The number of hydrogen-bond acceptors (Lipinski definition) is 8. The zero-order valence-corrected chi connectivity index (χ0v) is 24.1. The monoisotopic (exact) mass is 579 g/mol. The number of fused-ring (bicyclic) bond motifs is 2. The number of esters is 1. The van der Waals surface area contributed by atoms with Crippen LogP contribution in [0.3, 0.4) is 0 Å². The van der Waals surface area contributed by atoms with E-state index in [0.717, 1.165) is 32.5 Å². The summed E-state index contributed by atoms with van der Waals surface area (Å²) in [4.78, 5) is 28.7. The van der Waals surface area contributed by atoms with Gasteiger partial charge >= 0.3 is 5.97 Å². The number of anilines is 1. The average Bonchev–Trinajstić information content (AvgIpc) is 3.57. The lowest BCUT2D eigenvalue weighted by Crippen LogP contribution is -2.29. The van der Waals surface area contributed by atoms with Gasteiger partial charge in [-0.15, -0.1) is 0 Å². The summed E-state index contributed by atoms with van der Waals surface area (Å²) >= 11 is 1.30. The van der Waals surface area contributed by atoms with Gasteiger partial charge in [0.05, 0.1) is 30.5 Å². The molecular formula is C33H29N3O5S. The van der Waals surface area contributed by atoms with Crippen LogP contribution < -0.4 is 10.1 Å². The van der Waals surface area contributed by atoms with E-state index in [1.165, 1.54) is 18.6 Å². The molecule has 1 aliphatic heterocycles. The van der Waals surface area contributed by atoms with Crippen molar-refractivity contribution in [3.05, 3.63) is 124 Å². The quantitative estimate of drug-likeness (QED) is 0.166. The number of ether oxygens (including phenoxy) is 2. The molecule has 4 aromatic carbocycles. The number of aromatic nitrogens is 1. The largest absolute Gasteiger partial charge is 0.497 e. The molecular weight excluding hydrogens is 550 g/mol. The number of rotatable bonds is 8. The lowest BCUT2D eigenvalue weighted by atomic mass is 9.91. The van der Waals surface area contributed by atoms with E-state index in [2.05, 4.69) is 9.69 Å². The molecule has 5 aromatic rings. The minimum Gasteiger partial charge on any atom is -0.497 e. The van der Waals surface area contributed by atoms with E-state index in [4.69, 9.17) is 9.47 Å². The van der Waals surface area contributed by atoms with Gasteiger partial charge in [-0.3, -0.25) is 4.79 Å². The zero-order valence-electron chi connectivity index (χ0n) is 23.3. The van der Waals surface area contributed by atoms with Crippen molar-refractivity contribution in [3.8, 4) is 5.75 Å². The van der Waals surface area contributed by atoms with Crippen LogP contribution in [0.25, 0.3) is 10.1 Å². The first-order chi connectivity index (χ1) is 20.4. The predicted molar refractivity (Wildman–Crippen MR) is 162 cm³/mol. The maximum atomic E-state index is 14.2. The zero-order chi connectivity index (χ0) is 29.4. The van der Waals surface area contributed by atoms with Crippen molar-refractivity contribution in [1.29, 1.82) is 0 Å². The Morgan fingerprint density at radius 1 is 1.05 bits per heavy atom. The van der Waals surface area contributed by atoms with Crippen molar-refractivity contribution in [2.45, 2.75) is 25.7 Å². The topological polar surface area (TPSA) is 101 Å².